The second kappa shape index (κ2) is 15.3. The van der Waals surface area contributed by atoms with Gasteiger partial charge in [-0.15, -0.1) is 13.2 Å². The first-order valence-corrected chi connectivity index (χ1v) is 14.6. The summed E-state index contributed by atoms with van der Waals surface area (Å²) in [4.78, 5) is 23.2. The fourth-order valence-electron chi connectivity index (χ4n) is 6.82. The standard InChI is InChI=1S/C29H43F5O5/c1-2-26(35)37-16-6-4-3-5-7-27(36)38-23-14-12-20(13-15-23)19-8-10-21(11-9-19)22-17-24(30)28(25(31)18-22)39-29(32,33)34/h2,19-25,28H,1,3-18H2. The molecule has 3 aliphatic rings. The summed E-state index contributed by atoms with van der Waals surface area (Å²) in [6, 6.07) is 0. The minimum Gasteiger partial charge on any atom is -0.463 e. The number of carbonyl (C=O) groups is 2. The Morgan fingerprint density at radius 3 is 1.82 bits per heavy atom. The Bertz CT molecular complexity index is 763. The van der Waals surface area contributed by atoms with Crippen LogP contribution in [0, 0.1) is 23.7 Å². The molecule has 2 atom stereocenters. The Balaban J connectivity index is 1.27. The summed E-state index contributed by atoms with van der Waals surface area (Å²) in [6.45, 7) is 3.70. The van der Waals surface area contributed by atoms with Crippen LogP contribution >= 0.6 is 0 Å². The molecule has 3 aliphatic carbocycles. The molecular weight excluding hydrogens is 523 g/mol. The predicted molar refractivity (Wildman–Crippen MR) is 135 cm³/mol. The summed E-state index contributed by atoms with van der Waals surface area (Å²) in [7, 11) is 0. The maximum absolute atomic E-state index is 14.4. The Labute approximate surface area is 228 Å². The van der Waals surface area contributed by atoms with Crippen LogP contribution in [0.25, 0.3) is 0 Å². The van der Waals surface area contributed by atoms with Crippen molar-refractivity contribution in [1.29, 1.82) is 0 Å². The highest BCUT2D eigenvalue weighted by Gasteiger charge is 2.47. The molecular formula is C29H43F5O5. The molecule has 0 aliphatic heterocycles. The van der Waals surface area contributed by atoms with E-state index < -0.39 is 30.8 Å². The van der Waals surface area contributed by atoms with E-state index >= 15 is 0 Å². The van der Waals surface area contributed by atoms with Gasteiger partial charge in [0.2, 0.25) is 0 Å². The molecule has 0 heterocycles. The van der Waals surface area contributed by atoms with E-state index in [0.29, 0.717) is 24.9 Å². The Kier molecular flexibility index (Phi) is 12.5. The first-order chi connectivity index (χ1) is 18.6. The topological polar surface area (TPSA) is 61.8 Å². The molecule has 2 unspecified atom stereocenters. The molecule has 3 saturated carbocycles. The molecule has 0 N–H and O–H groups in total. The predicted octanol–water partition coefficient (Wildman–Crippen LogP) is 7.57. The van der Waals surface area contributed by atoms with Gasteiger partial charge in [-0.3, -0.25) is 9.53 Å². The third kappa shape index (κ3) is 10.7. The number of halogens is 5. The zero-order valence-electron chi connectivity index (χ0n) is 22.6. The van der Waals surface area contributed by atoms with Gasteiger partial charge in [-0.25, -0.2) is 13.6 Å². The molecule has 0 radical (unpaired) electrons. The molecule has 224 valence electrons. The SMILES string of the molecule is C=CC(=O)OCCCCCCC(=O)OC1CCC(C2CCC(C3CC(F)C(OC(F)(F)F)C(F)C3)CC2)CC1. The van der Waals surface area contributed by atoms with Crippen LogP contribution < -0.4 is 0 Å². The van der Waals surface area contributed by atoms with Crippen molar-refractivity contribution >= 4 is 11.9 Å². The number of unbranched alkanes of at least 4 members (excludes halogenated alkanes) is 3. The maximum Gasteiger partial charge on any atom is 0.522 e. The zero-order chi connectivity index (χ0) is 28.4. The van der Waals surface area contributed by atoms with E-state index in [1.54, 1.807) is 0 Å². The average molecular weight is 567 g/mol. The average Bonchev–Trinajstić information content (AvgIpc) is 2.90. The lowest BCUT2D eigenvalue weighted by Gasteiger charge is -2.42. The second-order valence-electron chi connectivity index (χ2n) is 11.5. The van der Waals surface area contributed by atoms with Crippen molar-refractivity contribution in [3.05, 3.63) is 12.7 Å². The summed E-state index contributed by atoms with van der Waals surface area (Å²) in [5.74, 6) is 0.404. The van der Waals surface area contributed by atoms with Crippen LogP contribution in [0.5, 0.6) is 0 Å². The lowest BCUT2D eigenvalue weighted by molar-refractivity contribution is -0.358. The summed E-state index contributed by atoms with van der Waals surface area (Å²) >= 11 is 0. The minimum atomic E-state index is -5.03. The lowest BCUT2D eigenvalue weighted by atomic mass is 9.66. The van der Waals surface area contributed by atoms with Crippen LogP contribution in [0.2, 0.25) is 0 Å². The fraction of sp³-hybridized carbons (Fsp3) is 0.862. The molecule has 10 heteroatoms. The number of hydrogen-bond acceptors (Lipinski definition) is 5. The Morgan fingerprint density at radius 2 is 1.28 bits per heavy atom. The highest BCUT2D eigenvalue weighted by atomic mass is 19.4. The lowest BCUT2D eigenvalue weighted by Crippen LogP contribution is -2.46. The number of ether oxygens (including phenoxy) is 3. The van der Waals surface area contributed by atoms with Gasteiger partial charge in [-0.05, 0) is 101 Å². The summed E-state index contributed by atoms with van der Waals surface area (Å²) < 4.78 is 80.5. The highest BCUT2D eigenvalue weighted by Crippen LogP contribution is 2.46. The van der Waals surface area contributed by atoms with Crippen molar-refractivity contribution in [2.75, 3.05) is 6.61 Å². The smallest absolute Gasteiger partial charge is 0.463 e. The van der Waals surface area contributed by atoms with Crippen molar-refractivity contribution in [1.82, 2.24) is 0 Å². The molecule has 3 rings (SSSR count). The zero-order valence-corrected chi connectivity index (χ0v) is 22.6. The summed E-state index contributed by atoms with van der Waals surface area (Å²) in [5, 5.41) is 0. The van der Waals surface area contributed by atoms with E-state index in [1.165, 1.54) is 0 Å². The molecule has 0 amide bonds. The number of hydrogen-bond donors (Lipinski definition) is 0. The quantitative estimate of drug-likeness (QED) is 0.106. The van der Waals surface area contributed by atoms with Gasteiger partial charge in [-0.2, -0.15) is 0 Å². The van der Waals surface area contributed by atoms with Crippen molar-refractivity contribution < 1.29 is 45.8 Å². The van der Waals surface area contributed by atoms with Crippen LogP contribution in [-0.4, -0.2) is 49.5 Å². The monoisotopic (exact) mass is 566 g/mol. The van der Waals surface area contributed by atoms with Gasteiger partial charge in [0.25, 0.3) is 0 Å². The fourth-order valence-corrected chi connectivity index (χ4v) is 6.82. The normalized spacial score (nSPS) is 33.8. The maximum atomic E-state index is 14.4. The third-order valence-electron chi connectivity index (χ3n) is 8.89. The number of rotatable bonds is 12. The van der Waals surface area contributed by atoms with Crippen molar-refractivity contribution in [2.45, 2.75) is 127 Å². The first-order valence-electron chi connectivity index (χ1n) is 14.6. The van der Waals surface area contributed by atoms with Crippen molar-refractivity contribution in [2.24, 2.45) is 23.7 Å². The van der Waals surface area contributed by atoms with Gasteiger partial charge in [0.1, 0.15) is 24.6 Å². The molecule has 5 nitrogen and oxygen atoms in total. The Morgan fingerprint density at radius 1 is 0.769 bits per heavy atom. The third-order valence-corrected chi connectivity index (χ3v) is 8.89. The van der Waals surface area contributed by atoms with Crippen molar-refractivity contribution in [3.8, 4) is 0 Å². The number of carbonyl (C=O) groups excluding carboxylic acids is 2. The van der Waals surface area contributed by atoms with E-state index in [9.17, 15) is 31.5 Å². The van der Waals surface area contributed by atoms with E-state index in [4.69, 9.17) is 9.47 Å². The number of esters is 2. The van der Waals surface area contributed by atoms with Crippen LogP contribution in [0.1, 0.15) is 96.3 Å². The molecule has 0 aromatic carbocycles. The summed E-state index contributed by atoms with van der Waals surface area (Å²) in [6.07, 6.45) is 0.961. The van der Waals surface area contributed by atoms with Crippen LogP contribution in [0.4, 0.5) is 22.0 Å². The molecule has 0 aromatic rings. The van der Waals surface area contributed by atoms with Crippen LogP contribution in [-0.2, 0) is 23.8 Å². The first kappa shape index (κ1) is 31.8. The molecule has 39 heavy (non-hydrogen) atoms. The molecule has 0 bridgehead atoms. The van der Waals surface area contributed by atoms with E-state index in [-0.39, 0.29) is 36.8 Å². The van der Waals surface area contributed by atoms with Gasteiger partial charge >= 0.3 is 18.3 Å². The van der Waals surface area contributed by atoms with Gasteiger partial charge in [0, 0.05) is 12.5 Å². The van der Waals surface area contributed by atoms with E-state index in [2.05, 4.69) is 11.3 Å². The van der Waals surface area contributed by atoms with Gasteiger partial charge < -0.3 is 9.47 Å². The molecule has 0 spiro atoms. The molecule has 0 aromatic heterocycles. The van der Waals surface area contributed by atoms with E-state index in [1.807, 2.05) is 0 Å². The van der Waals surface area contributed by atoms with Gasteiger partial charge in [0.05, 0.1) is 6.61 Å². The largest absolute Gasteiger partial charge is 0.522 e. The van der Waals surface area contributed by atoms with Crippen LogP contribution in [0.15, 0.2) is 12.7 Å². The van der Waals surface area contributed by atoms with E-state index in [0.717, 1.165) is 83.1 Å². The summed E-state index contributed by atoms with van der Waals surface area (Å²) in [5.41, 5.74) is 0. The van der Waals surface area contributed by atoms with Crippen molar-refractivity contribution in [3.63, 3.8) is 0 Å². The van der Waals surface area contributed by atoms with Crippen LogP contribution in [0.3, 0.4) is 0 Å². The minimum absolute atomic E-state index is 0.0412. The Hall–Kier alpha value is -1.71. The highest BCUT2D eigenvalue weighted by molar-refractivity contribution is 5.81. The second-order valence-corrected chi connectivity index (χ2v) is 11.5. The molecule has 3 fully saturated rings. The molecule has 0 saturated heterocycles. The van der Waals surface area contributed by atoms with Gasteiger partial charge in [-0.1, -0.05) is 19.4 Å². The number of alkyl halides is 5. The van der Waals surface area contributed by atoms with Gasteiger partial charge in [0.15, 0.2) is 0 Å².